The third kappa shape index (κ3) is 3.51. The molecule has 1 heterocycles. The molecule has 0 fully saturated rings. The normalized spacial score (nSPS) is 12.2. The molecule has 0 spiro atoms. The molecule has 0 saturated carbocycles. The Morgan fingerprint density at radius 2 is 2.09 bits per heavy atom. The molecule has 0 amide bonds. The van der Waals surface area contributed by atoms with E-state index in [1.165, 1.54) is 7.11 Å². The summed E-state index contributed by atoms with van der Waals surface area (Å²) in [5.74, 6) is 2.00. The summed E-state index contributed by atoms with van der Waals surface area (Å²) in [5, 5.41) is 7.74. The van der Waals surface area contributed by atoms with Gasteiger partial charge in [0.15, 0.2) is 11.5 Å². The lowest BCUT2D eigenvalue weighted by molar-refractivity contribution is 0.340. The van der Waals surface area contributed by atoms with Gasteiger partial charge in [0.05, 0.1) is 25.3 Å². The molecule has 0 aliphatic rings. The lowest BCUT2D eigenvalue weighted by atomic mass is 10.2. The molecule has 120 valence electrons. The summed E-state index contributed by atoms with van der Waals surface area (Å²) in [6.45, 7) is 4.97. The molecule has 6 nitrogen and oxygen atoms in total. The number of hydrogen-bond donors (Lipinski definition) is 1. The topological polar surface area (TPSA) is 69.4 Å². The van der Waals surface area contributed by atoms with Crippen LogP contribution in [0.5, 0.6) is 11.5 Å². The molecule has 1 aromatic heterocycles. The number of ether oxygens (including phenoxy) is 2. The van der Waals surface area contributed by atoms with Crippen molar-refractivity contribution in [3.05, 3.63) is 23.0 Å². The van der Waals surface area contributed by atoms with E-state index in [2.05, 4.69) is 22.4 Å². The Labute approximate surface area is 134 Å². The van der Waals surface area contributed by atoms with Crippen molar-refractivity contribution in [3.63, 3.8) is 0 Å². The van der Waals surface area contributed by atoms with Gasteiger partial charge in [0.1, 0.15) is 0 Å². The van der Waals surface area contributed by atoms with Crippen LogP contribution in [0.2, 0.25) is 5.02 Å². The van der Waals surface area contributed by atoms with Gasteiger partial charge in [0.25, 0.3) is 0 Å². The van der Waals surface area contributed by atoms with Crippen molar-refractivity contribution in [3.8, 4) is 22.9 Å². The Morgan fingerprint density at radius 3 is 2.73 bits per heavy atom. The maximum atomic E-state index is 6.20. The number of aromatic nitrogens is 2. The molecule has 0 saturated heterocycles. The third-order valence-corrected chi connectivity index (χ3v) is 3.49. The fourth-order valence-electron chi connectivity index (χ4n) is 2.02. The minimum Gasteiger partial charge on any atom is -0.493 e. The second kappa shape index (κ2) is 7.47. The second-order valence-electron chi connectivity index (χ2n) is 4.83. The third-order valence-electron chi connectivity index (χ3n) is 3.20. The number of nitrogens with zero attached hydrogens (tertiary/aromatic N) is 2. The largest absolute Gasteiger partial charge is 0.493 e. The summed E-state index contributed by atoms with van der Waals surface area (Å²) >= 11 is 6.20. The molecule has 7 heteroatoms. The Morgan fingerprint density at radius 1 is 1.32 bits per heavy atom. The number of rotatable bonds is 7. The van der Waals surface area contributed by atoms with Crippen LogP contribution in [0.15, 0.2) is 16.7 Å². The molecule has 0 bridgehead atoms. The average Bonchev–Trinajstić information content (AvgIpc) is 3.01. The van der Waals surface area contributed by atoms with E-state index in [0.29, 0.717) is 33.8 Å². The highest BCUT2D eigenvalue weighted by Gasteiger charge is 2.18. The molecule has 0 radical (unpaired) electrons. The molecule has 2 aromatic rings. The molecule has 2 rings (SSSR count). The fourth-order valence-corrected chi connectivity index (χ4v) is 2.31. The molecule has 0 aliphatic carbocycles. The van der Waals surface area contributed by atoms with E-state index in [9.17, 15) is 0 Å². The highest BCUT2D eigenvalue weighted by Crippen LogP contribution is 2.38. The summed E-state index contributed by atoms with van der Waals surface area (Å²) < 4.78 is 15.8. The van der Waals surface area contributed by atoms with Crippen molar-refractivity contribution < 1.29 is 14.0 Å². The van der Waals surface area contributed by atoms with Crippen LogP contribution in [-0.4, -0.2) is 30.9 Å². The van der Waals surface area contributed by atoms with Crippen LogP contribution in [0, 0.1) is 0 Å². The number of hydrogen-bond acceptors (Lipinski definition) is 6. The van der Waals surface area contributed by atoms with Crippen molar-refractivity contribution in [1.29, 1.82) is 0 Å². The van der Waals surface area contributed by atoms with Crippen LogP contribution < -0.4 is 14.8 Å². The zero-order valence-electron chi connectivity index (χ0n) is 13.1. The SMILES string of the molecule is CCCNC(C)c1nc(-c2cc(Cl)c(OC)c(OC)c2)no1. The molecule has 1 N–H and O–H groups in total. The smallest absolute Gasteiger partial charge is 0.243 e. The van der Waals surface area contributed by atoms with Gasteiger partial charge in [-0.3, -0.25) is 0 Å². The monoisotopic (exact) mass is 325 g/mol. The van der Waals surface area contributed by atoms with Crippen LogP contribution in [-0.2, 0) is 0 Å². The quantitative estimate of drug-likeness (QED) is 0.840. The standard InChI is InChI=1S/C15H20ClN3O3/c1-5-6-17-9(2)15-18-14(19-22-15)10-7-11(16)13(21-4)12(8-10)20-3/h7-9,17H,5-6H2,1-4H3. The van der Waals surface area contributed by atoms with Gasteiger partial charge in [-0.15, -0.1) is 0 Å². The fraction of sp³-hybridized carbons (Fsp3) is 0.467. The van der Waals surface area contributed by atoms with Crippen LogP contribution in [0.4, 0.5) is 0 Å². The Balaban J connectivity index is 2.29. The van der Waals surface area contributed by atoms with E-state index in [1.807, 2.05) is 6.92 Å². The van der Waals surface area contributed by atoms with Gasteiger partial charge in [-0.05, 0) is 32.0 Å². The Kier molecular flexibility index (Phi) is 5.63. The maximum Gasteiger partial charge on any atom is 0.243 e. The molecular formula is C15H20ClN3O3. The highest BCUT2D eigenvalue weighted by molar-refractivity contribution is 6.32. The van der Waals surface area contributed by atoms with Crippen LogP contribution in [0.3, 0.4) is 0 Å². The van der Waals surface area contributed by atoms with Gasteiger partial charge in [0.2, 0.25) is 11.7 Å². The first-order valence-electron chi connectivity index (χ1n) is 7.09. The predicted molar refractivity (Wildman–Crippen MR) is 84.6 cm³/mol. The molecular weight excluding hydrogens is 306 g/mol. The number of methoxy groups -OCH3 is 2. The van der Waals surface area contributed by atoms with Crippen molar-refractivity contribution in [2.45, 2.75) is 26.3 Å². The second-order valence-corrected chi connectivity index (χ2v) is 5.23. The predicted octanol–water partition coefficient (Wildman–Crippen LogP) is 3.47. The molecule has 0 aliphatic heterocycles. The maximum absolute atomic E-state index is 6.20. The highest BCUT2D eigenvalue weighted by atomic mass is 35.5. The van der Waals surface area contributed by atoms with E-state index >= 15 is 0 Å². The summed E-state index contributed by atoms with van der Waals surface area (Å²) in [6.07, 6.45) is 1.04. The molecule has 1 unspecified atom stereocenters. The summed E-state index contributed by atoms with van der Waals surface area (Å²) in [7, 11) is 3.09. The number of halogens is 1. The van der Waals surface area contributed by atoms with E-state index in [-0.39, 0.29) is 6.04 Å². The number of benzene rings is 1. The summed E-state index contributed by atoms with van der Waals surface area (Å²) in [4.78, 5) is 4.41. The lowest BCUT2D eigenvalue weighted by Crippen LogP contribution is -2.19. The van der Waals surface area contributed by atoms with E-state index in [4.69, 9.17) is 25.6 Å². The van der Waals surface area contributed by atoms with Gasteiger partial charge in [-0.2, -0.15) is 4.98 Å². The van der Waals surface area contributed by atoms with E-state index < -0.39 is 0 Å². The van der Waals surface area contributed by atoms with Gasteiger partial charge in [-0.1, -0.05) is 23.7 Å². The van der Waals surface area contributed by atoms with Gasteiger partial charge >= 0.3 is 0 Å². The lowest BCUT2D eigenvalue weighted by Gasteiger charge is -2.10. The van der Waals surface area contributed by atoms with E-state index in [0.717, 1.165) is 13.0 Å². The average molecular weight is 326 g/mol. The van der Waals surface area contributed by atoms with Crippen molar-refractivity contribution in [1.82, 2.24) is 15.5 Å². The first kappa shape index (κ1) is 16.6. The van der Waals surface area contributed by atoms with Gasteiger partial charge in [-0.25, -0.2) is 0 Å². The van der Waals surface area contributed by atoms with Gasteiger partial charge < -0.3 is 19.3 Å². The van der Waals surface area contributed by atoms with Crippen molar-refractivity contribution >= 4 is 11.6 Å². The van der Waals surface area contributed by atoms with Crippen LogP contribution >= 0.6 is 11.6 Å². The van der Waals surface area contributed by atoms with Crippen LogP contribution in [0.25, 0.3) is 11.4 Å². The Bertz CT molecular complexity index is 630. The number of nitrogens with one attached hydrogen (secondary N) is 1. The molecule has 1 aromatic carbocycles. The summed E-state index contributed by atoms with van der Waals surface area (Å²) in [5.41, 5.74) is 0.709. The van der Waals surface area contributed by atoms with Crippen molar-refractivity contribution in [2.24, 2.45) is 0 Å². The van der Waals surface area contributed by atoms with Crippen molar-refractivity contribution in [2.75, 3.05) is 20.8 Å². The zero-order chi connectivity index (χ0) is 16.1. The first-order chi connectivity index (χ1) is 10.6. The Hall–Kier alpha value is -1.79. The minimum atomic E-state index is -0.00295. The first-order valence-corrected chi connectivity index (χ1v) is 7.47. The molecule has 1 atom stereocenters. The van der Waals surface area contributed by atoms with Crippen LogP contribution in [0.1, 0.15) is 32.2 Å². The summed E-state index contributed by atoms with van der Waals surface area (Å²) in [6, 6.07) is 3.49. The minimum absolute atomic E-state index is 0.00295. The zero-order valence-corrected chi connectivity index (χ0v) is 13.9. The van der Waals surface area contributed by atoms with Gasteiger partial charge in [0, 0.05) is 5.56 Å². The van der Waals surface area contributed by atoms with E-state index in [1.54, 1.807) is 19.2 Å². The molecule has 22 heavy (non-hydrogen) atoms.